The van der Waals surface area contributed by atoms with Gasteiger partial charge in [-0.2, -0.15) is 0 Å². The van der Waals surface area contributed by atoms with Crippen molar-refractivity contribution in [1.82, 2.24) is 16.2 Å². The molecule has 8 nitrogen and oxygen atoms in total. The maximum absolute atomic E-state index is 12.8. The van der Waals surface area contributed by atoms with Crippen LogP contribution in [0, 0.1) is 23.2 Å². The summed E-state index contributed by atoms with van der Waals surface area (Å²) in [6.07, 6.45) is 6.68. The summed E-state index contributed by atoms with van der Waals surface area (Å²) in [5, 5.41) is 5.76. The van der Waals surface area contributed by atoms with Crippen molar-refractivity contribution in [3.63, 3.8) is 0 Å². The van der Waals surface area contributed by atoms with Crippen LogP contribution in [0.2, 0.25) is 0 Å². The van der Waals surface area contributed by atoms with Gasteiger partial charge in [0.15, 0.2) is 0 Å². The number of carbonyl (C=O) groups excluding carboxylic acids is 3. The van der Waals surface area contributed by atoms with Crippen LogP contribution in [0.25, 0.3) is 0 Å². The van der Waals surface area contributed by atoms with Gasteiger partial charge in [-0.15, -0.1) is 0 Å². The summed E-state index contributed by atoms with van der Waals surface area (Å²) in [6, 6.07) is 7.17. The maximum Gasteiger partial charge on any atom is 0.257 e. The van der Waals surface area contributed by atoms with Gasteiger partial charge in [-0.25, -0.2) is 0 Å². The van der Waals surface area contributed by atoms with Crippen LogP contribution in [-0.4, -0.2) is 37.9 Å². The Balaban J connectivity index is 1.16. The smallest absolute Gasteiger partial charge is 0.257 e. The maximum atomic E-state index is 12.8. The molecule has 4 N–H and O–H groups in total. The van der Waals surface area contributed by atoms with Gasteiger partial charge < -0.3 is 15.4 Å². The summed E-state index contributed by atoms with van der Waals surface area (Å²) in [6.45, 7) is -0.126. The molecule has 4 aliphatic carbocycles. The summed E-state index contributed by atoms with van der Waals surface area (Å²) in [4.78, 5) is 36.8. The Bertz CT molecular complexity index is 773. The minimum atomic E-state index is -0.439. The summed E-state index contributed by atoms with van der Waals surface area (Å²) >= 11 is 0. The van der Waals surface area contributed by atoms with Crippen LogP contribution < -0.4 is 26.2 Å². The van der Waals surface area contributed by atoms with Gasteiger partial charge >= 0.3 is 0 Å². The van der Waals surface area contributed by atoms with Crippen molar-refractivity contribution >= 4 is 23.4 Å². The SMILES string of the molecule is COc1ccc(NCC(=O)NNC(=O)CNC(=O)C23CC4CC(CC(C4)C2)C3)cc1. The highest BCUT2D eigenvalue weighted by molar-refractivity contribution is 5.89. The first-order valence-corrected chi connectivity index (χ1v) is 10.7. The lowest BCUT2D eigenvalue weighted by Gasteiger charge is -2.55. The molecule has 3 amide bonds. The van der Waals surface area contributed by atoms with E-state index in [0.29, 0.717) is 17.8 Å². The Labute approximate surface area is 176 Å². The number of methoxy groups -OCH3 is 1. The highest BCUT2D eigenvalue weighted by Crippen LogP contribution is 2.60. The third kappa shape index (κ3) is 4.52. The monoisotopic (exact) mass is 414 g/mol. The van der Waals surface area contributed by atoms with Crippen molar-refractivity contribution in [2.24, 2.45) is 23.2 Å². The minimum absolute atomic E-state index is 0.00393. The Kier molecular flexibility index (Phi) is 5.83. The lowest BCUT2D eigenvalue weighted by molar-refractivity contribution is -0.147. The molecule has 0 saturated heterocycles. The van der Waals surface area contributed by atoms with Gasteiger partial charge in [0.05, 0.1) is 20.2 Å². The molecule has 8 heteroatoms. The first-order chi connectivity index (χ1) is 14.5. The summed E-state index contributed by atoms with van der Waals surface area (Å²) < 4.78 is 5.08. The molecule has 0 unspecified atom stereocenters. The van der Waals surface area contributed by atoms with Gasteiger partial charge in [0.2, 0.25) is 5.91 Å². The van der Waals surface area contributed by atoms with Crippen molar-refractivity contribution in [2.45, 2.75) is 38.5 Å². The lowest BCUT2D eigenvalue weighted by atomic mass is 9.49. The highest BCUT2D eigenvalue weighted by atomic mass is 16.5. The van der Waals surface area contributed by atoms with E-state index < -0.39 is 5.91 Å². The van der Waals surface area contributed by atoms with E-state index in [4.69, 9.17) is 4.74 Å². The first-order valence-electron chi connectivity index (χ1n) is 10.7. The second-order valence-electron chi connectivity index (χ2n) is 9.06. The van der Waals surface area contributed by atoms with Crippen LogP contribution in [0.4, 0.5) is 5.69 Å². The van der Waals surface area contributed by atoms with Gasteiger partial charge in [-0.3, -0.25) is 25.2 Å². The van der Waals surface area contributed by atoms with Crippen molar-refractivity contribution in [3.05, 3.63) is 24.3 Å². The fourth-order valence-corrected chi connectivity index (χ4v) is 5.86. The van der Waals surface area contributed by atoms with Crippen LogP contribution in [0.5, 0.6) is 5.75 Å². The first kappa shape index (κ1) is 20.5. The van der Waals surface area contributed by atoms with Crippen LogP contribution in [0.3, 0.4) is 0 Å². The molecule has 4 saturated carbocycles. The van der Waals surface area contributed by atoms with E-state index in [0.717, 1.165) is 30.7 Å². The zero-order valence-corrected chi connectivity index (χ0v) is 17.3. The van der Waals surface area contributed by atoms with Gasteiger partial charge in [-0.1, -0.05) is 0 Å². The number of ether oxygens (including phenoxy) is 1. The second kappa shape index (κ2) is 8.53. The van der Waals surface area contributed by atoms with Gasteiger partial charge in [0, 0.05) is 11.1 Å². The number of nitrogens with one attached hydrogen (secondary N) is 4. The van der Waals surface area contributed by atoms with E-state index in [9.17, 15) is 14.4 Å². The zero-order valence-electron chi connectivity index (χ0n) is 17.3. The Hall–Kier alpha value is -2.77. The fourth-order valence-electron chi connectivity index (χ4n) is 5.86. The summed E-state index contributed by atoms with van der Waals surface area (Å²) in [5.41, 5.74) is 5.20. The number of hydrazine groups is 1. The van der Waals surface area contributed by atoms with E-state index in [-0.39, 0.29) is 30.3 Å². The third-order valence-corrected chi connectivity index (χ3v) is 6.81. The van der Waals surface area contributed by atoms with Gasteiger partial charge in [-0.05, 0) is 80.5 Å². The molecule has 1 aromatic carbocycles. The molecule has 4 aliphatic rings. The molecule has 0 radical (unpaired) electrons. The van der Waals surface area contributed by atoms with Crippen molar-refractivity contribution in [3.8, 4) is 5.75 Å². The molecular weight excluding hydrogens is 384 g/mol. The van der Waals surface area contributed by atoms with E-state index >= 15 is 0 Å². The summed E-state index contributed by atoms with van der Waals surface area (Å²) in [5.74, 6) is 1.93. The van der Waals surface area contributed by atoms with E-state index in [1.54, 1.807) is 31.4 Å². The molecule has 0 spiro atoms. The summed E-state index contributed by atoms with van der Waals surface area (Å²) in [7, 11) is 1.59. The average molecular weight is 415 g/mol. The topological polar surface area (TPSA) is 109 Å². The number of hydrogen-bond acceptors (Lipinski definition) is 5. The molecule has 4 bridgehead atoms. The number of anilines is 1. The molecular formula is C22H30N4O4. The predicted molar refractivity (Wildman–Crippen MR) is 111 cm³/mol. The van der Waals surface area contributed by atoms with E-state index in [1.165, 1.54) is 19.3 Å². The van der Waals surface area contributed by atoms with Crippen molar-refractivity contribution in [2.75, 3.05) is 25.5 Å². The fraction of sp³-hybridized carbons (Fsp3) is 0.591. The largest absolute Gasteiger partial charge is 0.497 e. The standard InChI is InChI=1S/C22H30N4O4/c1-30-18-4-2-17(3-5-18)23-12-19(27)25-26-20(28)13-24-21(29)22-9-14-6-15(10-22)8-16(7-14)11-22/h2-5,14-16,23H,6-13H2,1H3,(H,24,29)(H,25,27)(H,26,28). The Morgan fingerprint density at radius 2 is 1.43 bits per heavy atom. The van der Waals surface area contributed by atoms with Crippen LogP contribution in [-0.2, 0) is 14.4 Å². The normalized spacial score (nSPS) is 28.5. The Morgan fingerprint density at radius 1 is 0.900 bits per heavy atom. The molecule has 0 heterocycles. The number of amides is 3. The molecule has 0 aliphatic heterocycles. The van der Waals surface area contributed by atoms with Crippen molar-refractivity contribution in [1.29, 1.82) is 0 Å². The third-order valence-electron chi connectivity index (χ3n) is 6.81. The van der Waals surface area contributed by atoms with Crippen molar-refractivity contribution < 1.29 is 19.1 Å². The number of hydrogen-bond donors (Lipinski definition) is 4. The average Bonchev–Trinajstić information content (AvgIpc) is 2.74. The lowest BCUT2D eigenvalue weighted by Crippen LogP contribution is -2.55. The molecule has 162 valence electrons. The second-order valence-corrected chi connectivity index (χ2v) is 9.06. The number of benzene rings is 1. The molecule has 0 atom stereocenters. The van der Waals surface area contributed by atoms with Crippen LogP contribution in [0.1, 0.15) is 38.5 Å². The minimum Gasteiger partial charge on any atom is -0.497 e. The molecule has 4 fully saturated rings. The van der Waals surface area contributed by atoms with Crippen LogP contribution >= 0.6 is 0 Å². The van der Waals surface area contributed by atoms with Crippen LogP contribution in [0.15, 0.2) is 24.3 Å². The quantitative estimate of drug-likeness (QED) is 0.507. The van der Waals surface area contributed by atoms with Gasteiger partial charge in [0.1, 0.15) is 5.75 Å². The number of carbonyl (C=O) groups is 3. The van der Waals surface area contributed by atoms with E-state index in [1.807, 2.05) is 0 Å². The zero-order chi connectivity index (χ0) is 21.1. The molecule has 5 rings (SSSR count). The van der Waals surface area contributed by atoms with E-state index in [2.05, 4.69) is 21.5 Å². The Morgan fingerprint density at radius 3 is 1.97 bits per heavy atom. The highest BCUT2D eigenvalue weighted by Gasteiger charge is 2.54. The molecule has 30 heavy (non-hydrogen) atoms. The predicted octanol–water partition coefficient (Wildman–Crippen LogP) is 1.59. The number of rotatable bonds is 7. The van der Waals surface area contributed by atoms with Gasteiger partial charge in [0.25, 0.3) is 11.8 Å². The molecule has 1 aromatic rings. The molecule has 0 aromatic heterocycles.